The van der Waals surface area contributed by atoms with Gasteiger partial charge < -0.3 is 5.32 Å². The quantitative estimate of drug-likeness (QED) is 0.808. The minimum absolute atomic E-state index is 0.150. The zero-order chi connectivity index (χ0) is 19.3. The Hall–Kier alpha value is -2.34. The summed E-state index contributed by atoms with van der Waals surface area (Å²) in [6.07, 6.45) is 1.85. The van der Waals surface area contributed by atoms with Crippen molar-refractivity contribution in [3.05, 3.63) is 65.2 Å². The van der Waals surface area contributed by atoms with Gasteiger partial charge in [0.1, 0.15) is 6.54 Å². The van der Waals surface area contributed by atoms with E-state index in [4.69, 9.17) is 0 Å². The lowest BCUT2D eigenvalue weighted by Crippen LogP contribution is -2.42. The van der Waals surface area contributed by atoms with Gasteiger partial charge in [-0.15, -0.1) is 0 Å². The molecule has 0 heterocycles. The zero-order valence-corrected chi connectivity index (χ0v) is 16.5. The van der Waals surface area contributed by atoms with Crippen molar-refractivity contribution in [3.63, 3.8) is 0 Å². The molecule has 140 valence electrons. The molecule has 6 heteroatoms. The molecule has 2 rings (SSSR count). The van der Waals surface area contributed by atoms with Gasteiger partial charge in [0.2, 0.25) is 15.9 Å². The van der Waals surface area contributed by atoms with Crippen molar-refractivity contribution >= 4 is 21.6 Å². The molecule has 2 aromatic carbocycles. The molecule has 0 aliphatic rings. The van der Waals surface area contributed by atoms with Gasteiger partial charge in [-0.05, 0) is 37.0 Å². The second kappa shape index (κ2) is 8.36. The fraction of sp³-hybridized carbons (Fsp3) is 0.350. The van der Waals surface area contributed by atoms with E-state index < -0.39 is 10.0 Å². The molecule has 1 N–H and O–H groups in total. The van der Waals surface area contributed by atoms with Crippen LogP contribution in [0.5, 0.6) is 0 Å². The maximum Gasteiger partial charge on any atom is 0.241 e. The number of rotatable bonds is 7. The number of anilines is 1. The van der Waals surface area contributed by atoms with Gasteiger partial charge in [0.25, 0.3) is 0 Å². The molecule has 5 nitrogen and oxygen atoms in total. The first-order valence-electron chi connectivity index (χ1n) is 8.62. The number of nitrogens with one attached hydrogen (secondary N) is 1. The Labute approximate surface area is 156 Å². The van der Waals surface area contributed by atoms with Gasteiger partial charge in [-0.3, -0.25) is 9.10 Å². The Morgan fingerprint density at radius 2 is 1.62 bits per heavy atom. The summed E-state index contributed by atoms with van der Waals surface area (Å²) < 4.78 is 25.9. The molecular weight excluding hydrogens is 348 g/mol. The van der Waals surface area contributed by atoms with E-state index in [1.54, 1.807) is 0 Å². The van der Waals surface area contributed by atoms with Crippen LogP contribution in [-0.2, 0) is 14.8 Å². The molecule has 0 fully saturated rings. The molecule has 0 aromatic heterocycles. The van der Waals surface area contributed by atoms with Gasteiger partial charge in [0.15, 0.2) is 0 Å². The average molecular weight is 375 g/mol. The summed E-state index contributed by atoms with van der Waals surface area (Å²) in [6.45, 7) is 5.43. The van der Waals surface area contributed by atoms with Crippen LogP contribution in [0.4, 0.5) is 5.69 Å². The summed E-state index contributed by atoms with van der Waals surface area (Å²) in [5, 5.41) is 2.95. The first-order valence-corrected chi connectivity index (χ1v) is 10.5. The second-order valence-electron chi connectivity index (χ2n) is 6.45. The highest BCUT2D eigenvalue weighted by atomic mass is 32.2. The highest BCUT2D eigenvalue weighted by Gasteiger charge is 2.24. The van der Waals surface area contributed by atoms with Gasteiger partial charge in [-0.1, -0.05) is 55.5 Å². The third-order valence-corrected chi connectivity index (χ3v) is 5.43. The van der Waals surface area contributed by atoms with Gasteiger partial charge in [-0.25, -0.2) is 8.42 Å². The van der Waals surface area contributed by atoms with Gasteiger partial charge >= 0.3 is 0 Å². The van der Waals surface area contributed by atoms with Crippen LogP contribution < -0.4 is 9.62 Å². The highest BCUT2D eigenvalue weighted by Crippen LogP contribution is 2.26. The zero-order valence-electron chi connectivity index (χ0n) is 15.7. The highest BCUT2D eigenvalue weighted by molar-refractivity contribution is 7.92. The molecule has 0 aliphatic carbocycles. The lowest BCUT2D eigenvalue weighted by Gasteiger charge is -2.26. The van der Waals surface area contributed by atoms with E-state index in [9.17, 15) is 13.2 Å². The molecule has 0 saturated carbocycles. The molecule has 0 radical (unpaired) electrons. The summed E-state index contributed by atoms with van der Waals surface area (Å²) >= 11 is 0. The molecule has 1 atom stereocenters. The molecule has 0 saturated heterocycles. The number of benzene rings is 2. The van der Waals surface area contributed by atoms with Crippen molar-refractivity contribution in [1.29, 1.82) is 0 Å². The molecule has 0 bridgehead atoms. The van der Waals surface area contributed by atoms with Crippen LogP contribution in [0.2, 0.25) is 0 Å². The number of aryl methyl sites for hydroxylation is 2. The lowest BCUT2D eigenvalue weighted by molar-refractivity contribution is -0.120. The number of carbonyl (C=O) groups excluding carboxylic acids is 1. The Morgan fingerprint density at radius 3 is 2.12 bits per heavy atom. The summed E-state index contributed by atoms with van der Waals surface area (Å²) in [4.78, 5) is 12.6. The SMILES string of the molecule is CCC(NC(=O)CN(c1c(C)cccc1C)S(C)(=O)=O)c1ccccc1. The average Bonchev–Trinajstić information content (AvgIpc) is 2.58. The van der Waals surface area contributed by atoms with E-state index in [1.807, 2.05) is 69.3 Å². The maximum atomic E-state index is 12.6. The third-order valence-electron chi connectivity index (χ3n) is 4.32. The molecule has 1 unspecified atom stereocenters. The smallest absolute Gasteiger partial charge is 0.241 e. The first-order chi connectivity index (χ1) is 12.2. The molecule has 0 aliphatic heterocycles. The van der Waals surface area contributed by atoms with E-state index in [0.29, 0.717) is 5.69 Å². The Balaban J connectivity index is 2.25. The Bertz CT molecular complexity index is 844. The number of nitrogens with zero attached hydrogens (tertiary/aromatic N) is 1. The van der Waals surface area contributed by atoms with Gasteiger partial charge in [-0.2, -0.15) is 0 Å². The van der Waals surface area contributed by atoms with E-state index >= 15 is 0 Å². The third kappa shape index (κ3) is 4.85. The molecule has 26 heavy (non-hydrogen) atoms. The van der Waals surface area contributed by atoms with Crippen LogP contribution >= 0.6 is 0 Å². The number of hydrogen-bond acceptors (Lipinski definition) is 3. The molecule has 0 spiro atoms. The van der Waals surface area contributed by atoms with Crippen LogP contribution in [0.25, 0.3) is 0 Å². The van der Waals surface area contributed by atoms with E-state index in [1.165, 1.54) is 4.31 Å². The van der Waals surface area contributed by atoms with Crippen molar-refractivity contribution < 1.29 is 13.2 Å². The van der Waals surface area contributed by atoms with Gasteiger partial charge in [0, 0.05) is 0 Å². The Morgan fingerprint density at radius 1 is 1.04 bits per heavy atom. The summed E-state index contributed by atoms with van der Waals surface area (Å²) in [5.41, 5.74) is 3.20. The van der Waals surface area contributed by atoms with Crippen LogP contribution in [0, 0.1) is 13.8 Å². The predicted molar refractivity (Wildman–Crippen MR) is 106 cm³/mol. The largest absolute Gasteiger partial charge is 0.348 e. The number of hydrogen-bond donors (Lipinski definition) is 1. The van der Waals surface area contributed by atoms with Crippen LogP contribution in [-0.4, -0.2) is 27.1 Å². The minimum atomic E-state index is -3.59. The fourth-order valence-electron chi connectivity index (χ4n) is 3.04. The van der Waals surface area contributed by atoms with Crippen molar-refractivity contribution in [1.82, 2.24) is 5.32 Å². The number of para-hydroxylation sites is 1. The summed E-state index contributed by atoms with van der Waals surface area (Å²) in [6, 6.07) is 15.1. The predicted octanol–water partition coefficient (Wildman–Crippen LogP) is 3.34. The van der Waals surface area contributed by atoms with E-state index in [0.717, 1.165) is 29.4 Å². The lowest BCUT2D eigenvalue weighted by atomic mass is 10.0. The normalized spacial score (nSPS) is 12.5. The van der Waals surface area contributed by atoms with E-state index in [-0.39, 0.29) is 18.5 Å². The number of amides is 1. The van der Waals surface area contributed by atoms with Gasteiger partial charge in [0.05, 0.1) is 18.0 Å². The Kier molecular flexibility index (Phi) is 6.42. The molecular formula is C20H26N2O3S. The standard InChI is InChI=1S/C20H26N2O3S/c1-5-18(17-12-7-6-8-13-17)21-19(23)14-22(26(4,24)25)20-15(2)10-9-11-16(20)3/h6-13,18H,5,14H2,1-4H3,(H,21,23). The molecule has 1 amide bonds. The summed E-state index contributed by atoms with van der Waals surface area (Å²) in [5.74, 6) is -0.325. The van der Waals surface area contributed by atoms with Crippen molar-refractivity contribution in [2.75, 3.05) is 17.1 Å². The number of sulfonamides is 1. The van der Waals surface area contributed by atoms with Crippen LogP contribution in [0.3, 0.4) is 0 Å². The van der Waals surface area contributed by atoms with Crippen molar-refractivity contribution in [2.24, 2.45) is 0 Å². The minimum Gasteiger partial charge on any atom is -0.348 e. The monoisotopic (exact) mass is 374 g/mol. The van der Waals surface area contributed by atoms with E-state index in [2.05, 4.69) is 5.32 Å². The fourth-order valence-corrected chi connectivity index (χ4v) is 4.01. The van der Waals surface area contributed by atoms with Crippen molar-refractivity contribution in [2.45, 2.75) is 33.2 Å². The molecule has 2 aromatic rings. The summed E-state index contributed by atoms with van der Waals surface area (Å²) in [7, 11) is -3.59. The second-order valence-corrected chi connectivity index (χ2v) is 8.36. The maximum absolute atomic E-state index is 12.6. The van der Waals surface area contributed by atoms with Crippen molar-refractivity contribution in [3.8, 4) is 0 Å². The van der Waals surface area contributed by atoms with Crippen LogP contribution in [0.15, 0.2) is 48.5 Å². The topological polar surface area (TPSA) is 66.5 Å². The van der Waals surface area contributed by atoms with Crippen LogP contribution in [0.1, 0.15) is 36.1 Å². The number of carbonyl (C=O) groups is 1. The first kappa shape index (κ1) is 20.0.